The van der Waals surface area contributed by atoms with Crippen molar-refractivity contribution >= 4 is 16.3 Å². The van der Waals surface area contributed by atoms with E-state index in [-0.39, 0.29) is 0 Å². The Kier molecular flexibility index (Phi) is 3.44. The third kappa shape index (κ3) is 2.41. The molecule has 3 rings (SSSR count). The molecule has 0 unspecified atom stereocenters. The van der Waals surface area contributed by atoms with Crippen molar-refractivity contribution in [3.05, 3.63) is 35.5 Å². The zero-order valence-electron chi connectivity index (χ0n) is 11.8. The minimum absolute atomic E-state index is 0.440. The van der Waals surface area contributed by atoms with Gasteiger partial charge in [-0.3, -0.25) is 0 Å². The molecule has 0 aliphatic carbocycles. The van der Waals surface area contributed by atoms with E-state index in [2.05, 4.69) is 23.9 Å². The van der Waals surface area contributed by atoms with Crippen molar-refractivity contribution in [1.29, 1.82) is 0 Å². The van der Waals surface area contributed by atoms with Crippen molar-refractivity contribution in [1.82, 2.24) is 14.6 Å². The van der Waals surface area contributed by atoms with E-state index in [1.165, 1.54) is 0 Å². The average molecular weight is 287 g/mol. The van der Waals surface area contributed by atoms with Crippen molar-refractivity contribution in [2.45, 2.75) is 26.7 Å². The van der Waals surface area contributed by atoms with E-state index in [0.29, 0.717) is 12.5 Å². The average Bonchev–Trinajstić information content (AvgIpc) is 2.98. The van der Waals surface area contributed by atoms with E-state index < -0.39 is 0 Å². The summed E-state index contributed by atoms with van der Waals surface area (Å²) in [6.45, 7) is 6.95. The van der Waals surface area contributed by atoms with Gasteiger partial charge in [0.1, 0.15) is 10.8 Å². The summed E-state index contributed by atoms with van der Waals surface area (Å²) in [7, 11) is 0. The van der Waals surface area contributed by atoms with Crippen molar-refractivity contribution in [2.75, 3.05) is 6.61 Å². The van der Waals surface area contributed by atoms with Crippen LogP contribution in [0.3, 0.4) is 0 Å². The molecule has 1 aromatic carbocycles. The Morgan fingerprint density at radius 2 is 2.00 bits per heavy atom. The first-order valence-corrected chi connectivity index (χ1v) is 7.58. The summed E-state index contributed by atoms with van der Waals surface area (Å²) >= 11 is 1.65. The molecule has 3 aromatic rings. The highest BCUT2D eigenvalue weighted by Crippen LogP contribution is 2.26. The number of benzene rings is 1. The van der Waals surface area contributed by atoms with Gasteiger partial charge in [0.2, 0.25) is 4.96 Å². The number of ether oxygens (including phenoxy) is 1. The number of fused-ring (bicyclic) bond motifs is 1. The van der Waals surface area contributed by atoms with Crippen LogP contribution in [-0.2, 0) is 0 Å². The second kappa shape index (κ2) is 5.25. The van der Waals surface area contributed by atoms with Gasteiger partial charge in [-0.2, -0.15) is 5.10 Å². The zero-order valence-corrected chi connectivity index (χ0v) is 12.6. The minimum Gasteiger partial charge on any atom is -0.494 e. The summed E-state index contributed by atoms with van der Waals surface area (Å²) in [5.74, 6) is 1.33. The first-order chi connectivity index (χ1) is 9.67. The number of rotatable bonds is 4. The second-order valence-electron chi connectivity index (χ2n) is 4.91. The van der Waals surface area contributed by atoms with Crippen molar-refractivity contribution < 1.29 is 4.74 Å². The molecule has 104 valence electrons. The van der Waals surface area contributed by atoms with Gasteiger partial charge in [0.25, 0.3) is 0 Å². The molecule has 0 saturated heterocycles. The van der Waals surface area contributed by atoms with E-state index in [1.54, 1.807) is 11.3 Å². The molecule has 0 saturated carbocycles. The molecule has 0 N–H and O–H groups in total. The molecule has 0 fully saturated rings. The van der Waals surface area contributed by atoms with Crippen LogP contribution >= 0.6 is 11.3 Å². The van der Waals surface area contributed by atoms with Crippen molar-refractivity contribution in [2.24, 2.45) is 0 Å². The van der Waals surface area contributed by atoms with E-state index >= 15 is 0 Å². The van der Waals surface area contributed by atoms with Gasteiger partial charge in [-0.1, -0.05) is 25.2 Å². The lowest BCUT2D eigenvalue weighted by molar-refractivity contribution is 0.340. The van der Waals surface area contributed by atoms with Crippen LogP contribution in [0.15, 0.2) is 30.5 Å². The fraction of sp³-hybridized carbons (Fsp3) is 0.333. The van der Waals surface area contributed by atoms with Gasteiger partial charge < -0.3 is 4.74 Å². The van der Waals surface area contributed by atoms with Gasteiger partial charge in [-0.25, -0.2) is 9.50 Å². The van der Waals surface area contributed by atoms with Gasteiger partial charge >= 0.3 is 0 Å². The van der Waals surface area contributed by atoms with Gasteiger partial charge in [-0.05, 0) is 31.2 Å². The molecule has 2 aromatic heterocycles. The maximum atomic E-state index is 5.45. The standard InChI is InChI=1S/C15H17N3OS/c1-4-19-12-7-5-11(6-8-12)13-9-18-15(16-13)20-14(17-18)10(2)3/h5-10H,4H2,1-3H3. The largest absolute Gasteiger partial charge is 0.494 e. The molecule has 0 spiro atoms. The molecule has 5 heteroatoms. The van der Waals surface area contributed by atoms with Crippen LogP contribution in [0.5, 0.6) is 5.75 Å². The van der Waals surface area contributed by atoms with Crippen LogP contribution in [0, 0.1) is 0 Å². The van der Waals surface area contributed by atoms with Crippen molar-refractivity contribution in [3.63, 3.8) is 0 Å². The number of aromatic nitrogens is 3. The highest BCUT2D eigenvalue weighted by atomic mass is 32.1. The third-order valence-electron chi connectivity index (χ3n) is 3.01. The van der Waals surface area contributed by atoms with Gasteiger partial charge in [-0.15, -0.1) is 0 Å². The quantitative estimate of drug-likeness (QED) is 0.728. The zero-order chi connectivity index (χ0) is 14.1. The van der Waals surface area contributed by atoms with Crippen molar-refractivity contribution in [3.8, 4) is 17.0 Å². The molecule has 2 heterocycles. The summed E-state index contributed by atoms with van der Waals surface area (Å²) < 4.78 is 7.31. The molecule has 0 bridgehead atoms. The number of nitrogens with zero attached hydrogens (tertiary/aromatic N) is 3. The van der Waals surface area contributed by atoms with Crippen LogP contribution in [0.4, 0.5) is 0 Å². The lowest BCUT2D eigenvalue weighted by atomic mass is 10.2. The Hall–Kier alpha value is -1.88. The predicted octanol–water partition coefficient (Wildman–Crippen LogP) is 3.98. The van der Waals surface area contributed by atoms with E-state index in [1.807, 2.05) is 41.9 Å². The maximum absolute atomic E-state index is 5.45. The van der Waals surface area contributed by atoms with Crippen LogP contribution in [-0.4, -0.2) is 21.2 Å². The SMILES string of the molecule is CCOc1ccc(-c2cn3nc(C(C)C)sc3n2)cc1. The van der Waals surface area contributed by atoms with Crippen LogP contribution < -0.4 is 4.74 Å². The molecule has 0 atom stereocenters. The summed E-state index contributed by atoms with van der Waals surface area (Å²) in [5, 5.41) is 5.67. The molecule has 0 radical (unpaired) electrons. The molecule has 0 amide bonds. The summed E-state index contributed by atoms with van der Waals surface area (Å²) in [6, 6.07) is 8.00. The minimum atomic E-state index is 0.440. The Bertz CT molecular complexity index is 681. The predicted molar refractivity (Wildman–Crippen MR) is 81.6 cm³/mol. The lowest BCUT2D eigenvalue weighted by Crippen LogP contribution is -1.90. The smallest absolute Gasteiger partial charge is 0.212 e. The summed E-state index contributed by atoms with van der Waals surface area (Å²) in [5.41, 5.74) is 2.03. The second-order valence-corrected chi connectivity index (χ2v) is 5.89. The first kappa shape index (κ1) is 13.1. The van der Waals surface area contributed by atoms with E-state index in [4.69, 9.17) is 4.74 Å². The normalized spacial score (nSPS) is 11.4. The van der Waals surface area contributed by atoms with E-state index in [9.17, 15) is 0 Å². The van der Waals surface area contributed by atoms with Gasteiger partial charge in [0.15, 0.2) is 0 Å². The maximum Gasteiger partial charge on any atom is 0.212 e. The third-order valence-corrected chi connectivity index (χ3v) is 4.24. The Morgan fingerprint density at radius 1 is 1.25 bits per heavy atom. The monoisotopic (exact) mass is 287 g/mol. The number of hydrogen-bond acceptors (Lipinski definition) is 4. The van der Waals surface area contributed by atoms with Crippen LogP contribution in [0.1, 0.15) is 31.7 Å². The number of imidazole rings is 1. The lowest BCUT2D eigenvalue weighted by Gasteiger charge is -2.02. The molecule has 20 heavy (non-hydrogen) atoms. The molecule has 0 aliphatic rings. The van der Waals surface area contributed by atoms with Crippen LogP contribution in [0.25, 0.3) is 16.2 Å². The highest BCUT2D eigenvalue weighted by molar-refractivity contribution is 7.16. The Morgan fingerprint density at radius 3 is 2.60 bits per heavy atom. The Balaban J connectivity index is 1.91. The summed E-state index contributed by atoms with van der Waals surface area (Å²) in [4.78, 5) is 5.58. The number of hydrogen-bond donors (Lipinski definition) is 0. The topological polar surface area (TPSA) is 39.4 Å². The van der Waals surface area contributed by atoms with Gasteiger partial charge in [0.05, 0.1) is 18.5 Å². The first-order valence-electron chi connectivity index (χ1n) is 6.76. The highest BCUT2D eigenvalue weighted by Gasteiger charge is 2.11. The molecule has 0 aliphatic heterocycles. The fourth-order valence-electron chi connectivity index (χ4n) is 1.98. The van der Waals surface area contributed by atoms with E-state index in [0.717, 1.165) is 27.0 Å². The Labute approximate surface area is 122 Å². The fourth-order valence-corrected chi connectivity index (χ4v) is 2.86. The van der Waals surface area contributed by atoms with Crippen LogP contribution in [0.2, 0.25) is 0 Å². The van der Waals surface area contributed by atoms with Gasteiger partial charge in [0, 0.05) is 11.5 Å². The molecule has 4 nitrogen and oxygen atoms in total. The molecular formula is C15H17N3OS. The molecular weight excluding hydrogens is 270 g/mol. The summed E-state index contributed by atoms with van der Waals surface area (Å²) in [6.07, 6.45) is 1.98.